The van der Waals surface area contributed by atoms with Gasteiger partial charge in [-0.15, -0.1) is 0 Å². The van der Waals surface area contributed by atoms with Crippen molar-refractivity contribution >= 4 is 11.0 Å². The number of hydrogen-bond acceptors (Lipinski definition) is 3. The summed E-state index contributed by atoms with van der Waals surface area (Å²) in [6, 6.07) is 7.99. The Hall–Kier alpha value is -2.34. The van der Waals surface area contributed by atoms with Crippen molar-refractivity contribution in [3.05, 3.63) is 48.2 Å². The maximum Gasteiger partial charge on any atom is 0.161 e. The minimum Gasteiger partial charge on any atom is -0.322 e. The third kappa shape index (κ3) is 2.78. The van der Waals surface area contributed by atoms with Gasteiger partial charge in [-0.2, -0.15) is 0 Å². The fraction of sp³-hybridized carbons (Fsp3) is 0.333. The first-order valence-electron chi connectivity index (χ1n) is 8.20. The predicted molar refractivity (Wildman–Crippen MR) is 88.5 cm³/mol. The molecule has 0 amide bonds. The summed E-state index contributed by atoms with van der Waals surface area (Å²) in [5.74, 6) is -0.573. The number of imidazole rings is 1. The highest BCUT2D eigenvalue weighted by Gasteiger charge is 2.20. The van der Waals surface area contributed by atoms with Gasteiger partial charge < -0.3 is 9.88 Å². The van der Waals surface area contributed by atoms with E-state index in [1.165, 1.54) is 6.07 Å². The second-order valence-corrected chi connectivity index (χ2v) is 6.21. The van der Waals surface area contributed by atoms with Crippen molar-refractivity contribution in [2.24, 2.45) is 5.92 Å². The summed E-state index contributed by atoms with van der Waals surface area (Å²) in [5.41, 5.74) is 1.79. The Balaban J connectivity index is 1.85. The standard InChI is InChI=1S/C18H18F2N4/c19-13-9-16-17(10-14(13)20)24(11-12-4-7-21-8-5-12)18(23-16)15-3-1-2-6-22-15/h1-3,6,9-10,12,21H,4-5,7-8,11H2. The van der Waals surface area contributed by atoms with Crippen LogP contribution in [0, 0.1) is 17.6 Å². The van der Waals surface area contributed by atoms with Crippen LogP contribution in [0.4, 0.5) is 8.78 Å². The quantitative estimate of drug-likeness (QED) is 0.801. The Morgan fingerprint density at radius 1 is 1.12 bits per heavy atom. The largest absolute Gasteiger partial charge is 0.322 e. The maximum absolute atomic E-state index is 13.8. The van der Waals surface area contributed by atoms with Gasteiger partial charge in [0.1, 0.15) is 5.69 Å². The second kappa shape index (κ2) is 6.28. The van der Waals surface area contributed by atoms with E-state index in [4.69, 9.17) is 0 Å². The van der Waals surface area contributed by atoms with E-state index >= 15 is 0 Å². The molecule has 2 aromatic heterocycles. The van der Waals surface area contributed by atoms with E-state index in [1.54, 1.807) is 6.20 Å². The number of halogens is 2. The molecule has 1 aliphatic rings. The van der Waals surface area contributed by atoms with Gasteiger partial charge in [-0.05, 0) is 44.0 Å². The van der Waals surface area contributed by atoms with Crippen molar-refractivity contribution in [3.63, 3.8) is 0 Å². The minimum absolute atomic E-state index is 0.462. The lowest BCUT2D eigenvalue weighted by Gasteiger charge is -2.24. The lowest BCUT2D eigenvalue weighted by molar-refractivity contribution is 0.337. The molecule has 1 N–H and O–H groups in total. The normalized spacial score (nSPS) is 15.9. The molecule has 0 atom stereocenters. The smallest absolute Gasteiger partial charge is 0.161 e. The molecular weight excluding hydrogens is 310 g/mol. The molecule has 1 aromatic carbocycles. The average Bonchev–Trinajstić information content (AvgIpc) is 2.95. The lowest BCUT2D eigenvalue weighted by atomic mass is 9.98. The van der Waals surface area contributed by atoms with Gasteiger partial charge >= 0.3 is 0 Å². The molecule has 124 valence electrons. The van der Waals surface area contributed by atoms with Crippen LogP contribution >= 0.6 is 0 Å². The van der Waals surface area contributed by atoms with Crippen LogP contribution in [-0.4, -0.2) is 27.6 Å². The van der Waals surface area contributed by atoms with Crippen LogP contribution in [0.2, 0.25) is 0 Å². The second-order valence-electron chi connectivity index (χ2n) is 6.21. The van der Waals surface area contributed by atoms with Gasteiger partial charge in [-0.25, -0.2) is 13.8 Å². The van der Waals surface area contributed by atoms with Gasteiger partial charge in [0.2, 0.25) is 0 Å². The molecule has 4 rings (SSSR count). The van der Waals surface area contributed by atoms with E-state index in [2.05, 4.69) is 15.3 Å². The van der Waals surface area contributed by atoms with Crippen LogP contribution in [0.3, 0.4) is 0 Å². The molecule has 0 aliphatic carbocycles. The number of fused-ring (bicyclic) bond motifs is 1. The van der Waals surface area contributed by atoms with Crippen LogP contribution < -0.4 is 5.32 Å². The van der Waals surface area contributed by atoms with Crippen molar-refractivity contribution in [2.75, 3.05) is 13.1 Å². The van der Waals surface area contributed by atoms with E-state index in [1.807, 2.05) is 22.8 Å². The Morgan fingerprint density at radius 2 is 1.92 bits per heavy atom. The molecule has 0 radical (unpaired) electrons. The molecule has 1 saturated heterocycles. The van der Waals surface area contributed by atoms with Gasteiger partial charge in [0.25, 0.3) is 0 Å². The molecule has 3 aromatic rings. The maximum atomic E-state index is 13.8. The summed E-state index contributed by atoms with van der Waals surface area (Å²) in [6.07, 6.45) is 3.82. The molecule has 0 spiro atoms. The van der Waals surface area contributed by atoms with E-state index < -0.39 is 11.6 Å². The first-order chi connectivity index (χ1) is 11.7. The summed E-state index contributed by atoms with van der Waals surface area (Å²) in [4.78, 5) is 8.89. The predicted octanol–water partition coefficient (Wildman–Crippen LogP) is 3.38. The highest BCUT2D eigenvalue weighted by atomic mass is 19.2. The Kier molecular flexibility index (Phi) is 3.98. The van der Waals surface area contributed by atoms with Crippen molar-refractivity contribution in [2.45, 2.75) is 19.4 Å². The zero-order valence-electron chi connectivity index (χ0n) is 13.2. The molecule has 0 unspecified atom stereocenters. The van der Waals surface area contributed by atoms with E-state index in [0.717, 1.165) is 38.5 Å². The summed E-state index contributed by atoms with van der Waals surface area (Å²) in [5, 5.41) is 3.35. The van der Waals surface area contributed by atoms with Crippen molar-refractivity contribution < 1.29 is 8.78 Å². The molecular formula is C18H18F2N4. The van der Waals surface area contributed by atoms with Gasteiger partial charge in [0.15, 0.2) is 17.5 Å². The molecule has 0 bridgehead atoms. The van der Waals surface area contributed by atoms with Crippen LogP contribution in [-0.2, 0) is 6.54 Å². The SMILES string of the molecule is Fc1cc2nc(-c3ccccn3)n(CC3CCNCC3)c2cc1F. The molecule has 3 heterocycles. The number of benzene rings is 1. The zero-order chi connectivity index (χ0) is 16.5. The highest BCUT2D eigenvalue weighted by Crippen LogP contribution is 2.28. The van der Waals surface area contributed by atoms with Gasteiger partial charge in [-0.3, -0.25) is 4.98 Å². The van der Waals surface area contributed by atoms with E-state index in [9.17, 15) is 8.78 Å². The highest BCUT2D eigenvalue weighted by molar-refractivity contribution is 5.80. The monoisotopic (exact) mass is 328 g/mol. The van der Waals surface area contributed by atoms with E-state index in [-0.39, 0.29) is 0 Å². The Bertz CT molecular complexity index is 854. The first kappa shape index (κ1) is 15.2. The molecule has 4 nitrogen and oxygen atoms in total. The number of pyridine rings is 1. The number of nitrogens with zero attached hydrogens (tertiary/aromatic N) is 3. The van der Waals surface area contributed by atoms with Gasteiger partial charge in [0, 0.05) is 24.9 Å². The molecule has 1 aliphatic heterocycles. The third-order valence-corrected chi connectivity index (χ3v) is 4.58. The topological polar surface area (TPSA) is 42.7 Å². The van der Waals surface area contributed by atoms with Gasteiger partial charge in [-0.1, -0.05) is 6.07 Å². The first-order valence-corrected chi connectivity index (χ1v) is 8.20. The fourth-order valence-electron chi connectivity index (χ4n) is 3.32. The van der Waals surface area contributed by atoms with Crippen molar-refractivity contribution in [3.8, 4) is 11.5 Å². The Labute approximate surface area is 138 Å². The number of aromatic nitrogens is 3. The van der Waals surface area contributed by atoms with Crippen LogP contribution in [0.25, 0.3) is 22.6 Å². The Morgan fingerprint density at radius 3 is 2.67 bits per heavy atom. The van der Waals surface area contributed by atoms with Gasteiger partial charge in [0.05, 0.1) is 11.0 Å². The average molecular weight is 328 g/mol. The van der Waals surface area contributed by atoms with Crippen molar-refractivity contribution in [1.29, 1.82) is 0 Å². The number of nitrogens with one attached hydrogen (secondary N) is 1. The van der Waals surface area contributed by atoms with Crippen LogP contribution in [0.15, 0.2) is 36.5 Å². The number of piperidine rings is 1. The summed E-state index contributed by atoms with van der Waals surface area (Å²) >= 11 is 0. The van der Waals surface area contributed by atoms with Crippen LogP contribution in [0.1, 0.15) is 12.8 Å². The summed E-state index contributed by atoms with van der Waals surface area (Å²) in [6.45, 7) is 2.70. The zero-order valence-corrected chi connectivity index (χ0v) is 13.2. The molecule has 24 heavy (non-hydrogen) atoms. The molecule has 0 saturated carbocycles. The van der Waals surface area contributed by atoms with Crippen molar-refractivity contribution in [1.82, 2.24) is 19.9 Å². The molecule has 6 heteroatoms. The number of rotatable bonds is 3. The summed E-state index contributed by atoms with van der Waals surface area (Å²) in [7, 11) is 0. The third-order valence-electron chi connectivity index (χ3n) is 4.58. The summed E-state index contributed by atoms with van der Waals surface area (Å²) < 4.78 is 29.4. The number of hydrogen-bond donors (Lipinski definition) is 1. The molecule has 1 fully saturated rings. The van der Waals surface area contributed by atoms with Crippen LogP contribution in [0.5, 0.6) is 0 Å². The van der Waals surface area contributed by atoms with E-state index in [0.29, 0.717) is 28.5 Å². The lowest BCUT2D eigenvalue weighted by Crippen LogP contribution is -2.30. The fourth-order valence-corrected chi connectivity index (χ4v) is 3.32. The minimum atomic E-state index is -0.874.